The molecule has 19 heavy (non-hydrogen) atoms. The molecule has 0 spiro atoms. The zero-order valence-corrected chi connectivity index (χ0v) is 11.3. The van der Waals surface area contributed by atoms with E-state index in [0.29, 0.717) is 12.0 Å². The first-order valence-electron chi connectivity index (χ1n) is 7.46. The number of hydrogen-bond acceptors (Lipinski definition) is 2. The van der Waals surface area contributed by atoms with Crippen molar-refractivity contribution in [3.8, 4) is 0 Å². The van der Waals surface area contributed by atoms with E-state index in [1.54, 1.807) is 6.08 Å². The predicted molar refractivity (Wildman–Crippen MR) is 73.5 cm³/mol. The third-order valence-corrected chi connectivity index (χ3v) is 5.51. The van der Waals surface area contributed by atoms with E-state index in [2.05, 4.69) is 15.9 Å². The van der Waals surface area contributed by atoms with Crippen LogP contribution in [0, 0.1) is 17.9 Å². The molecule has 1 amide bonds. The average molecular weight is 264 g/mol. The van der Waals surface area contributed by atoms with E-state index in [0.717, 1.165) is 24.9 Å². The Kier molecular flexibility index (Phi) is 3.39. The number of hydrogen-bond donors (Lipinski definition) is 0. The van der Waals surface area contributed by atoms with Gasteiger partial charge in [-0.25, -0.2) is 0 Å². The van der Waals surface area contributed by atoms with Crippen molar-refractivity contribution < 1.29 is 11.7 Å². The van der Waals surface area contributed by atoms with Crippen molar-refractivity contribution in [3.05, 3.63) is 12.2 Å². The van der Waals surface area contributed by atoms with Gasteiger partial charge >= 0.3 is 1.43 Å². The summed E-state index contributed by atoms with van der Waals surface area (Å²) in [5.41, 5.74) is 0. The van der Waals surface area contributed by atoms with Crippen LogP contribution in [-0.2, 0) is 4.79 Å². The van der Waals surface area contributed by atoms with Crippen molar-refractivity contribution in [1.29, 1.82) is 0 Å². The Bertz CT molecular complexity index is 399. The van der Waals surface area contributed by atoms with E-state index in [1.165, 1.54) is 38.8 Å². The maximum atomic E-state index is 12.1. The van der Waals surface area contributed by atoms with Crippen LogP contribution in [0.15, 0.2) is 6.08 Å². The molecule has 4 aliphatic heterocycles. The topological polar surface area (TPSA) is 55.1 Å². The first-order valence-corrected chi connectivity index (χ1v) is 7.46. The fourth-order valence-electron chi connectivity index (χ4n) is 4.86. The highest BCUT2D eigenvalue weighted by molar-refractivity contribution is 5.88. The van der Waals surface area contributed by atoms with E-state index in [4.69, 9.17) is 0 Å². The van der Waals surface area contributed by atoms with Crippen molar-refractivity contribution >= 4 is 5.91 Å². The van der Waals surface area contributed by atoms with E-state index < -0.39 is 0 Å². The van der Waals surface area contributed by atoms with Gasteiger partial charge in [0.15, 0.2) is 0 Å². The van der Waals surface area contributed by atoms with Crippen LogP contribution in [0.5, 0.6) is 0 Å². The van der Waals surface area contributed by atoms with Crippen molar-refractivity contribution in [1.82, 2.24) is 9.80 Å². The SMILES string of the molecule is O.O=C1C=[C-]C[C@@H]2[C@H]3CCCN4CCC[C@@H](CN12)[C@@H]34.[H+]. The smallest absolute Gasteiger partial charge is 0.415 e. The number of piperidine rings is 3. The minimum absolute atomic E-state index is 0. The van der Waals surface area contributed by atoms with Crippen LogP contribution in [0.25, 0.3) is 0 Å². The lowest BCUT2D eigenvalue weighted by Gasteiger charge is -2.60. The molecule has 4 heteroatoms. The van der Waals surface area contributed by atoms with Gasteiger partial charge in [0, 0.05) is 18.6 Å². The van der Waals surface area contributed by atoms with Gasteiger partial charge in [-0.2, -0.15) is 6.08 Å². The van der Waals surface area contributed by atoms with Crippen LogP contribution >= 0.6 is 0 Å². The number of amides is 1. The van der Waals surface area contributed by atoms with Crippen molar-refractivity contribution in [2.45, 2.75) is 44.2 Å². The van der Waals surface area contributed by atoms with Gasteiger partial charge in [-0.1, -0.05) is 6.42 Å². The highest BCUT2D eigenvalue weighted by Gasteiger charge is 2.47. The van der Waals surface area contributed by atoms with E-state index in [1.807, 2.05) is 0 Å². The van der Waals surface area contributed by atoms with Gasteiger partial charge in [0.2, 0.25) is 0 Å². The standard InChI is InChI=1S/C15H21N2O.H2O/c18-14-7-1-6-13-12-5-3-9-16-8-2-4-11(15(12)16)10-17(13)14;/h7,11-13,15H,2-6,8-10H2;1H2/q-1;/p+1/t11-,12+,13+,15-;/m0./s1. The van der Waals surface area contributed by atoms with Crippen molar-refractivity contribution in [2.24, 2.45) is 11.8 Å². The maximum Gasteiger partial charge on any atom is 1.00 e. The highest BCUT2D eigenvalue weighted by Crippen LogP contribution is 2.43. The van der Waals surface area contributed by atoms with Crippen LogP contribution in [0.3, 0.4) is 0 Å². The second-order valence-corrected chi connectivity index (χ2v) is 6.35. The molecule has 106 valence electrons. The Morgan fingerprint density at radius 1 is 1.26 bits per heavy atom. The van der Waals surface area contributed by atoms with Crippen LogP contribution < -0.4 is 0 Å². The van der Waals surface area contributed by atoms with Crippen LogP contribution in [0.1, 0.15) is 33.5 Å². The zero-order chi connectivity index (χ0) is 12.1. The van der Waals surface area contributed by atoms with E-state index in [-0.39, 0.29) is 12.8 Å². The number of fused-ring (bicyclic) bond motifs is 2. The largest absolute Gasteiger partial charge is 1.00 e. The minimum Gasteiger partial charge on any atom is -0.415 e. The normalized spacial score (nSPS) is 41.3. The molecule has 4 heterocycles. The molecule has 0 unspecified atom stereocenters. The molecule has 3 saturated heterocycles. The third-order valence-electron chi connectivity index (χ3n) is 5.51. The molecule has 0 aromatic rings. The molecule has 0 aliphatic carbocycles. The van der Waals surface area contributed by atoms with Crippen LogP contribution in [-0.4, -0.2) is 52.9 Å². The second kappa shape index (κ2) is 4.91. The monoisotopic (exact) mass is 264 g/mol. The summed E-state index contributed by atoms with van der Waals surface area (Å²) in [6.07, 6.45) is 11.1. The number of carbonyl (C=O) groups is 1. The molecule has 0 radical (unpaired) electrons. The summed E-state index contributed by atoms with van der Waals surface area (Å²) >= 11 is 0. The van der Waals surface area contributed by atoms with E-state index >= 15 is 0 Å². The molecule has 0 bridgehead atoms. The van der Waals surface area contributed by atoms with Gasteiger partial charge in [0.05, 0.1) is 5.91 Å². The number of rotatable bonds is 0. The molecule has 4 rings (SSSR count). The third kappa shape index (κ3) is 1.93. The molecule has 4 nitrogen and oxygen atoms in total. The predicted octanol–water partition coefficient (Wildman–Crippen LogP) is 0.739. The summed E-state index contributed by atoms with van der Waals surface area (Å²) in [7, 11) is 0. The molecule has 4 atom stereocenters. The lowest BCUT2D eigenvalue weighted by atomic mass is 9.68. The lowest BCUT2D eigenvalue weighted by Crippen LogP contribution is -2.65. The maximum absolute atomic E-state index is 12.1. The number of nitrogens with zero attached hydrogens (tertiary/aromatic N) is 2. The molecule has 2 N–H and O–H groups in total. The van der Waals surface area contributed by atoms with Crippen LogP contribution in [0.4, 0.5) is 0 Å². The summed E-state index contributed by atoms with van der Waals surface area (Å²) < 4.78 is 0. The van der Waals surface area contributed by atoms with Gasteiger partial charge in [-0.15, -0.1) is 0 Å². The fourth-order valence-corrected chi connectivity index (χ4v) is 4.86. The minimum atomic E-state index is 0. The molecule has 0 saturated carbocycles. The van der Waals surface area contributed by atoms with Gasteiger partial charge < -0.3 is 15.2 Å². The molecule has 3 fully saturated rings. The quantitative estimate of drug-likeness (QED) is 0.606. The summed E-state index contributed by atoms with van der Waals surface area (Å²) in [6, 6.07) is 1.21. The van der Waals surface area contributed by atoms with Gasteiger partial charge in [-0.3, -0.25) is 11.0 Å². The summed E-state index contributed by atoms with van der Waals surface area (Å²) in [5.74, 6) is 1.66. The van der Waals surface area contributed by atoms with Gasteiger partial charge in [0.1, 0.15) is 0 Å². The first-order chi connectivity index (χ1) is 8.84. The summed E-state index contributed by atoms with van der Waals surface area (Å²) in [4.78, 5) is 16.9. The average Bonchev–Trinajstić information content (AvgIpc) is 2.41. The fraction of sp³-hybridized carbons (Fsp3) is 0.800. The Morgan fingerprint density at radius 3 is 2.89 bits per heavy atom. The lowest BCUT2D eigenvalue weighted by molar-refractivity contribution is -0.142. The van der Waals surface area contributed by atoms with Crippen LogP contribution in [0.2, 0.25) is 0 Å². The molecule has 0 aromatic heterocycles. The van der Waals surface area contributed by atoms with Gasteiger partial charge in [0.25, 0.3) is 0 Å². The van der Waals surface area contributed by atoms with Crippen molar-refractivity contribution in [2.75, 3.05) is 19.6 Å². The molecule has 0 aromatic carbocycles. The summed E-state index contributed by atoms with van der Waals surface area (Å²) in [6.45, 7) is 3.58. The molecule has 4 aliphatic rings. The Morgan fingerprint density at radius 2 is 2.05 bits per heavy atom. The van der Waals surface area contributed by atoms with E-state index in [9.17, 15) is 4.79 Å². The Balaban J connectivity index is 0.000000735. The van der Waals surface area contributed by atoms with Gasteiger partial charge in [-0.05, 0) is 50.6 Å². The Labute approximate surface area is 116 Å². The van der Waals surface area contributed by atoms with Crippen molar-refractivity contribution in [3.63, 3.8) is 0 Å². The first kappa shape index (κ1) is 13.1. The summed E-state index contributed by atoms with van der Waals surface area (Å²) in [5, 5.41) is 0. The Hall–Kier alpha value is -0.870. The number of carbonyl (C=O) groups excluding carboxylic acids is 1. The highest BCUT2D eigenvalue weighted by atomic mass is 16.2. The molecular formula is C15H24N2O2. The second-order valence-electron chi connectivity index (χ2n) is 6.35. The molecular weight excluding hydrogens is 240 g/mol. The zero-order valence-electron chi connectivity index (χ0n) is 12.3.